The van der Waals surface area contributed by atoms with Crippen LogP contribution in [0.1, 0.15) is 101 Å². The fraction of sp³-hybridized carbons (Fsp3) is 0.165. The van der Waals surface area contributed by atoms with E-state index in [9.17, 15) is 0 Å². The van der Waals surface area contributed by atoms with E-state index in [1.807, 2.05) is 0 Å². The number of para-hydroxylation sites is 4. The van der Waals surface area contributed by atoms with Crippen LogP contribution in [0.25, 0.3) is 116 Å². The molecule has 3 aliphatic carbocycles. The number of rotatable bonds is 5. The summed E-state index contributed by atoms with van der Waals surface area (Å²) in [7, 11) is 0. The first-order chi connectivity index (χ1) is 40.1. The summed E-state index contributed by atoms with van der Waals surface area (Å²) in [6, 6.07) is 79.6. The Morgan fingerprint density at radius 3 is 1.63 bits per heavy atom. The lowest BCUT2D eigenvalue weighted by Crippen LogP contribution is -2.18. The minimum atomic E-state index is -0.356. The molecule has 0 N–H and O–H groups in total. The first kappa shape index (κ1) is 48.3. The van der Waals surface area contributed by atoms with E-state index in [0.717, 1.165) is 67.1 Å². The Morgan fingerprint density at radius 1 is 0.361 bits per heavy atom. The highest BCUT2D eigenvalue weighted by Crippen LogP contribution is 2.60. The monoisotopic (exact) mass is 1070 g/mol. The average molecular weight is 1070 g/mol. The molecular weight excluding hydrogens is 1010 g/mol. The molecule has 17 rings (SSSR count). The van der Waals surface area contributed by atoms with Crippen LogP contribution in [0.2, 0.25) is 0 Å². The zero-order valence-electron chi connectivity index (χ0n) is 48.4. The highest BCUT2D eigenvalue weighted by molar-refractivity contribution is 6.19. The number of aromatic nitrogens is 1. The first-order valence-corrected chi connectivity index (χ1v) is 29.5. The predicted molar refractivity (Wildman–Crippen MR) is 347 cm³/mol. The summed E-state index contributed by atoms with van der Waals surface area (Å²) in [6.45, 7) is 21.3. The Bertz CT molecular complexity index is 5150. The van der Waals surface area contributed by atoms with Crippen LogP contribution in [0.3, 0.4) is 0 Å². The van der Waals surface area contributed by atoms with Gasteiger partial charge in [0.15, 0.2) is 0 Å². The molecule has 0 saturated heterocycles. The van der Waals surface area contributed by atoms with Crippen molar-refractivity contribution in [3.63, 3.8) is 0 Å². The largest absolute Gasteiger partial charge is 0.456 e. The molecule has 0 fully saturated rings. The van der Waals surface area contributed by atoms with Crippen molar-refractivity contribution in [1.29, 1.82) is 0 Å². The van der Waals surface area contributed by atoms with Gasteiger partial charge in [-0.1, -0.05) is 184 Å². The summed E-state index contributed by atoms with van der Waals surface area (Å²) in [5.41, 5.74) is 29.1. The van der Waals surface area contributed by atoms with Crippen molar-refractivity contribution in [1.82, 2.24) is 4.57 Å². The molecular formula is C79H62N2O2. The van der Waals surface area contributed by atoms with Crippen LogP contribution in [0.5, 0.6) is 0 Å². The summed E-state index contributed by atoms with van der Waals surface area (Å²) < 4.78 is 15.9. The maximum absolute atomic E-state index is 6.96. The van der Waals surface area contributed by atoms with E-state index in [0.29, 0.717) is 0 Å². The van der Waals surface area contributed by atoms with Crippen molar-refractivity contribution < 1.29 is 8.83 Å². The Balaban J connectivity index is 0.868. The van der Waals surface area contributed by atoms with E-state index in [4.69, 9.17) is 8.83 Å². The highest BCUT2D eigenvalue weighted by Gasteiger charge is 2.44. The fourth-order valence-corrected chi connectivity index (χ4v) is 15.4. The zero-order chi connectivity index (χ0) is 56.2. The van der Waals surface area contributed by atoms with Crippen molar-refractivity contribution in [2.75, 3.05) is 4.90 Å². The third-order valence-corrected chi connectivity index (χ3v) is 19.7. The van der Waals surface area contributed by atoms with Gasteiger partial charge in [0, 0.05) is 76.9 Å². The SMILES string of the molecule is CC(C)(C)c1ccc(-c2cc3c(c4c2oc2ccccc24)-c2ccc(N(c4ccc5c(c4)C(C)(C)c4cc6c(cc4-5)C(C)(C)c4ccc5oc7ccccc7c5c4-6)c4ccc5c6ccccc6n(-c6ccccc6)c5c4)cc2C3(C)C)cc1. The Labute approximate surface area is 483 Å². The topological polar surface area (TPSA) is 34.5 Å². The standard InChI is InChI=1S/C79H62N2O2/c1-76(2,3)46-29-27-45(28-30-46)57-42-65-71(74-56-23-15-18-26-69(56)83-75(57)74)54-36-33-49(40-62(54)79(65,8)9)80(50-32-35-53-52-21-13-16-24-66(52)81(67(53)41-50)47-19-11-10-12-20-47)48-31-34-51-58-43-64-59(44-63(58)78(6,7)61(51)39-48)72-60(77(64,4)5)37-38-70-73(72)55-22-14-17-25-68(55)82-70/h10-44H,1-9H3. The molecule has 400 valence electrons. The quantitative estimate of drug-likeness (QED) is 0.172. The zero-order valence-corrected chi connectivity index (χ0v) is 48.4. The molecule has 83 heavy (non-hydrogen) atoms. The molecule has 0 saturated carbocycles. The van der Waals surface area contributed by atoms with Gasteiger partial charge in [-0.05, 0) is 174 Å². The molecule has 3 aliphatic rings. The van der Waals surface area contributed by atoms with Gasteiger partial charge in [0.25, 0.3) is 0 Å². The van der Waals surface area contributed by atoms with Gasteiger partial charge >= 0.3 is 0 Å². The third-order valence-electron chi connectivity index (χ3n) is 19.7. The van der Waals surface area contributed by atoms with Gasteiger partial charge in [-0.3, -0.25) is 0 Å². The van der Waals surface area contributed by atoms with Crippen LogP contribution in [0.15, 0.2) is 221 Å². The van der Waals surface area contributed by atoms with E-state index in [2.05, 4.69) is 284 Å². The molecule has 4 nitrogen and oxygen atoms in total. The summed E-state index contributed by atoms with van der Waals surface area (Å²) in [4.78, 5) is 2.52. The minimum absolute atomic E-state index is 0.0451. The fourth-order valence-electron chi connectivity index (χ4n) is 15.4. The van der Waals surface area contributed by atoms with Crippen LogP contribution in [-0.4, -0.2) is 4.57 Å². The van der Waals surface area contributed by atoms with Gasteiger partial charge in [-0.25, -0.2) is 0 Å². The van der Waals surface area contributed by atoms with E-state index in [-0.39, 0.29) is 21.7 Å². The van der Waals surface area contributed by atoms with E-state index < -0.39 is 0 Å². The third kappa shape index (κ3) is 6.52. The second-order valence-electron chi connectivity index (χ2n) is 26.4. The van der Waals surface area contributed by atoms with Gasteiger partial charge in [-0.15, -0.1) is 0 Å². The predicted octanol–water partition coefficient (Wildman–Crippen LogP) is 21.9. The van der Waals surface area contributed by atoms with E-state index in [1.165, 1.54) is 105 Å². The van der Waals surface area contributed by atoms with Crippen LogP contribution in [0.4, 0.5) is 17.1 Å². The van der Waals surface area contributed by atoms with Gasteiger partial charge in [0.05, 0.1) is 11.0 Å². The van der Waals surface area contributed by atoms with Crippen molar-refractivity contribution >= 4 is 82.7 Å². The van der Waals surface area contributed by atoms with E-state index in [1.54, 1.807) is 0 Å². The maximum Gasteiger partial charge on any atom is 0.143 e. The molecule has 0 radical (unpaired) electrons. The Morgan fingerprint density at radius 2 is 0.892 bits per heavy atom. The van der Waals surface area contributed by atoms with Gasteiger partial charge in [0.2, 0.25) is 0 Å². The smallest absolute Gasteiger partial charge is 0.143 e. The van der Waals surface area contributed by atoms with Gasteiger partial charge in [0.1, 0.15) is 22.3 Å². The molecule has 4 heteroatoms. The molecule has 0 aliphatic heterocycles. The lowest BCUT2D eigenvalue weighted by atomic mass is 9.79. The second kappa shape index (κ2) is 16.4. The van der Waals surface area contributed by atoms with Crippen molar-refractivity contribution in [2.45, 2.75) is 84.0 Å². The van der Waals surface area contributed by atoms with Crippen LogP contribution in [-0.2, 0) is 21.7 Å². The number of nitrogens with zero attached hydrogens (tertiary/aromatic N) is 2. The molecule has 0 atom stereocenters. The Hall–Kier alpha value is -9.38. The van der Waals surface area contributed by atoms with Crippen molar-refractivity contribution in [3.05, 3.63) is 251 Å². The second-order valence-corrected chi connectivity index (χ2v) is 26.4. The number of hydrogen-bond donors (Lipinski definition) is 0. The van der Waals surface area contributed by atoms with Crippen LogP contribution >= 0.6 is 0 Å². The summed E-state index contributed by atoms with van der Waals surface area (Å²) >= 11 is 0. The molecule has 0 bridgehead atoms. The lowest BCUT2D eigenvalue weighted by Gasteiger charge is -2.30. The molecule has 14 aromatic rings. The summed E-state index contributed by atoms with van der Waals surface area (Å²) in [6.07, 6.45) is 0. The molecule has 0 unspecified atom stereocenters. The van der Waals surface area contributed by atoms with Crippen molar-refractivity contribution in [2.24, 2.45) is 0 Å². The average Bonchev–Trinajstić information content (AvgIpc) is 1.68. The molecule has 3 heterocycles. The first-order valence-electron chi connectivity index (χ1n) is 29.5. The molecule has 11 aromatic carbocycles. The number of hydrogen-bond acceptors (Lipinski definition) is 3. The molecule has 3 aromatic heterocycles. The van der Waals surface area contributed by atoms with E-state index >= 15 is 0 Å². The van der Waals surface area contributed by atoms with Crippen molar-refractivity contribution in [3.8, 4) is 50.2 Å². The number of fused-ring (bicyclic) bond motifs is 20. The number of benzene rings is 11. The van der Waals surface area contributed by atoms with Gasteiger partial charge < -0.3 is 18.3 Å². The number of furan rings is 2. The number of anilines is 3. The van der Waals surface area contributed by atoms with Crippen LogP contribution in [0, 0.1) is 0 Å². The van der Waals surface area contributed by atoms with Crippen LogP contribution < -0.4 is 4.90 Å². The normalized spacial score (nSPS) is 15.1. The molecule has 0 spiro atoms. The Kier molecular flexibility index (Phi) is 9.56. The lowest BCUT2D eigenvalue weighted by molar-refractivity contribution is 0.590. The highest BCUT2D eigenvalue weighted by atomic mass is 16.3. The maximum atomic E-state index is 6.96. The van der Waals surface area contributed by atoms with Gasteiger partial charge in [-0.2, -0.15) is 0 Å². The summed E-state index contributed by atoms with van der Waals surface area (Å²) in [5.74, 6) is 0. The summed E-state index contributed by atoms with van der Waals surface area (Å²) in [5, 5.41) is 7.18. The minimum Gasteiger partial charge on any atom is -0.456 e. The molecule has 0 amide bonds.